The second-order valence-electron chi connectivity index (χ2n) is 1.49. The smallest absolute Gasteiger partial charge is 1.00 e. The molecule has 1 aromatic carbocycles. The van der Waals surface area contributed by atoms with E-state index in [0.29, 0.717) is 0 Å². The van der Waals surface area contributed by atoms with Crippen LogP contribution in [0.5, 0.6) is 0 Å². The maximum atomic E-state index is 3.72. The Kier molecular flexibility index (Phi) is 9.90. The van der Waals surface area contributed by atoms with Crippen LogP contribution in [-0.4, -0.2) is 48.9 Å². The summed E-state index contributed by atoms with van der Waals surface area (Å²) < 4.78 is 0. The van der Waals surface area contributed by atoms with E-state index in [2.05, 4.69) is 6.92 Å². The van der Waals surface area contributed by atoms with E-state index >= 15 is 0 Å². The van der Waals surface area contributed by atoms with Crippen LogP contribution in [0, 0.1) is 6.92 Å². The van der Waals surface area contributed by atoms with E-state index in [-0.39, 0.29) is 61.3 Å². The van der Waals surface area contributed by atoms with E-state index < -0.39 is 0 Å². The van der Waals surface area contributed by atoms with E-state index in [4.69, 9.17) is 0 Å². The summed E-state index contributed by atoms with van der Waals surface area (Å²) in [5.74, 6) is 0. The summed E-state index contributed by atoms with van der Waals surface area (Å²) in [6.07, 6.45) is 0. The molecule has 1 rings (SSSR count). The van der Waals surface area contributed by atoms with Gasteiger partial charge in [-0.25, -0.2) is 0 Å². The Hall–Kier alpha value is 0.951. The van der Waals surface area contributed by atoms with Crippen molar-refractivity contribution in [2.24, 2.45) is 0 Å². The van der Waals surface area contributed by atoms with Crippen LogP contribution >= 0.6 is 0 Å². The molecule has 0 aliphatic rings. The molecule has 0 atom stereocenters. The van der Waals surface area contributed by atoms with Crippen molar-refractivity contribution in [2.75, 3.05) is 0 Å². The van der Waals surface area contributed by atoms with Crippen LogP contribution in [0.1, 0.15) is 5.56 Å². The SMILES string of the molecule is [Ba+2].[CH2-]c1ccccc1.[Cl-]. The molecule has 2 heteroatoms. The quantitative estimate of drug-likeness (QED) is 0.395. The summed E-state index contributed by atoms with van der Waals surface area (Å²) >= 11 is 0. The number of benzene rings is 1. The number of rotatable bonds is 0. The fraction of sp³-hybridized carbons (Fsp3) is 0. The first-order valence-corrected chi connectivity index (χ1v) is 2.26. The Morgan fingerprint density at radius 1 is 1.00 bits per heavy atom. The van der Waals surface area contributed by atoms with E-state index in [1.807, 2.05) is 30.3 Å². The number of hydrogen-bond donors (Lipinski definition) is 0. The molecule has 1 aromatic rings. The van der Waals surface area contributed by atoms with Crippen molar-refractivity contribution < 1.29 is 12.4 Å². The minimum absolute atomic E-state index is 0. The van der Waals surface area contributed by atoms with Crippen LogP contribution < -0.4 is 12.4 Å². The van der Waals surface area contributed by atoms with Gasteiger partial charge in [-0.15, -0.1) is 12.1 Å². The van der Waals surface area contributed by atoms with Crippen LogP contribution in [0.15, 0.2) is 30.3 Å². The summed E-state index contributed by atoms with van der Waals surface area (Å²) in [5.41, 5.74) is 1.07. The van der Waals surface area contributed by atoms with Crippen molar-refractivity contribution in [1.29, 1.82) is 0 Å². The van der Waals surface area contributed by atoms with E-state index in [0.717, 1.165) is 5.56 Å². The molecule has 0 unspecified atom stereocenters. The molecule has 0 bridgehead atoms. The predicted octanol–water partition coefficient (Wildman–Crippen LogP) is -1.51. The van der Waals surface area contributed by atoms with Crippen molar-refractivity contribution in [3.63, 3.8) is 0 Å². The molecular weight excluding hydrogens is 257 g/mol. The number of hydrogen-bond acceptors (Lipinski definition) is 0. The molecule has 0 aliphatic heterocycles. The molecule has 0 radical (unpaired) electrons. The molecule has 0 nitrogen and oxygen atoms in total. The Balaban J connectivity index is 0. The van der Waals surface area contributed by atoms with Gasteiger partial charge in [0.25, 0.3) is 0 Å². The average molecular weight is 264 g/mol. The summed E-state index contributed by atoms with van der Waals surface area (Å²) in [7, 11) is 0. The van der Waals surface area contributed by atoms with E-state index in [1.54, 1.807) is 0 Å². The summed E-state index contributed by atoms with van der Waals surface area (Å²) in [5, 5.41) is 0. The van der Waals surface area contributed by atoms with Gasteiger partial charge < -0.3 is 12.4 Å². The normalized spacial score (nSPS) is 6.67. The van der Waals surface area contributed by atoms with Crippen LogP contribution in [0.25, 0.3) is 0 Å². The molecule has 0 heterocycles. The zero-order valence-corrected chi connectivity index (χ0v) is 10.4. The number of halogens is 1. The molecule has 0 saturated heterocycles. The molecule has 0 fully saturated rings. The van der Waals surface area contributed by atoms with Gasteiger partial charge in [-0.2, -0.15) is 24.6 Å². The summed E-state index contributed by atoms with van der Waals surface area (Å²) in [6.45, 7) is 3.72. The summed E-state index contributed by atoms with van der Waals surface area (Å²) in [4.78, 5) is 0. The van der Waals surface area contributed by atoms with Crippen molar-refractivity contribution in [1.82, 2.24) is 0 Å². The van der Waals surface area contributed by atoms with Crippen LogP contribution in [-0.2, 0) is 0 Å². The van der Waals surface area contributed by atoms with Crippen LogP contribution in [0.3, 0.4) is 0 Å². The third-order valence-electron chi connectivity index (χ3n) is 0.843. The standard InChI is InChI=1S/C7H7.Ba.ClH/c1-7-5-3-2-4-6-7;;/h2-6H,1H2;;1H/q-1;+2;/p-1. The molecule has 0 spiro atoms. The van der Waals surface area contributed by atoms with Crippen molar-refractivity contribution >= 4 is 48.9 Å². The zero-order chi connectivity index (χ0) is 5.11. The maximum Gasteiger partial charge on any atom is 2.00 e. The first kappa shape index (κ1) is 12.6. The minimum Gasteiger partial charge on any atom is -1.00 e. The van der Waals surface area contributed by atoms with Gasteiger partial charge in [-0.3, -0.25) is 0 Å². The Labute approximate surface area is 103 Å². The van der Waals surface area contributed by atoms with Gasteiger partial charge in [-0.05, 0) is 0 Å². The Morgan fingerprint density at radius 2 is 1.44 bits per heavy atom. The fourth-order valence-corrected chi connectivity index (χ4v) is 0.478. The predicted molar refractivity (Wildman–Crippen MR) is 36.7 cm³/mol. The van der Waals surface area contributed by atoms with E-state index in [1.165, 1.54) is 0 Å². The van der Waals surface area contributed by atoms with Crippen LogP contribution in [0.2, 0.25) is 0 Å². The van der Waals surface area contributed by atoms with Gasteiger partial charge in [0.2, 0.25) is 0 Å². The maximum absolute atomic E-state index is 3.72. The first-order valence-electron chi connectivity index (χ1n) is 2.26. The third-order valence-corrected chi connectivity index (χ3v) is 0.843. The van der Waals surface area contributed by atoms with E-state index in [9.17, 15) is 0 Å². The average Bonchev–Trinajstić information content (AvgIpc) is 1.69. The van der Waals surface area contributed by atoms with Gasteiger partial charge in [0.15, 0.2) is 0 Å². The summed E-state index contributed by atoms with van der Waals surface area (Å²) in [6, 6.07) is 9.87. The second-order valence-corrected chi connectivity index (χ2v) is 1.49. The Morgan fingerprint density at radius 3 is 1.67 bits per heavy atom. The van der Waals surface area contributed by atoms with Gasteiger partial charge >= 0.3 is 48.9 Å². The molecule has 44 valence electrons. The van der Waals surface area contributed by atoms with Crippen LogP contribution in [0.4, 0.5) is 0 Å². The van der Waals surface area contributed by atoms with Crippen molar-refractivity contribution in [2.45, 2.75) is 0 Å². The minimum atomic E-state index is 0. The Bertz CT molecular complexity index is 139. The third kappa shape index (κ3) is 5.40. The molecule has 0 aromatic heterocycles. The van der Waals surface area contributed by atoms with Gasteiger partial charge in [-0.1, -0.05) is 6.07 Å². The molecule has 9 heavy (non-hydrogen) atoms. The van der Waals surface area contributed by atoms with Crippen molar-refractivity contribution in [3.05, 3.63) is 42.8 Å². The van der Waals surface area contributed by atoms with Gasteiger partial charge in [0, 0.05) is 0 Å². The molecule has 0 aliphatic carbocycles. The molecular formula is C7H7BaCl. The zero-order valence-electron chi connectivity index (χ0n) is 5.18. The molecule has 0 N–H and O–H groups in total. The molecule has 0 saturated carbocycles. The fourth-order valence-electron chi connectivity index (χ4n) is 0.478. The topological polar surface area (TPSA) is 0 Å². The second kappa shape index (κ2) is 7.06. The monoisotopic (exact) mass is 264 g/mol. The largest absolute Gasteiger partial charge is 2.00 e. The first-order chi connectivity index (χ1) is 3.39. The molecule has 0 amide bonds. The van der Waals surface area contributed by atoms with Gasteiger partial charge in [0.1, 0.15) is 0 Å². The van der Waals surface area contributed by atoms with Crippen molar-refractivity contribution in [3.8, 4) is 0 Å². The van der Waals surface area contributed by atoms with Gasteiger partial charge in [0.05, 0.1) is 0 Å².